The molecule has 2 aromatic carbocycles. The second kappa shape index (κ2) is 12.3. The summed E-state index contributed by atoms with van der Waals surface area (Å²) < 4.78 is 0. The van der Waals surface area contributed by atoms with Gasteiger partial charge in [-0.3, -0.25) is 4.79 Å². The van der Waals surface area contributed by atoms with E-state index >= 15 is 0 Å². The molecule has 168 valence electrons. The number of nitrogens with zero attached hydrogens (tertiary/aromatic N) is 6. The fourth-order valence-corrected chi connectivity index (χ4v) is 4.18. The lowest BCUT2D eigenvalue weighted by Crippen LogP contribution is -2.20. The van der Waals surface area contributed by atoms with Gasteiger partial charge in [0.05, 0.1) is 0 Å². The van der Waals surface area contributed by atoms with E-state index in [9.17, 15) is 4.79 Å². The first-order valence-electron chi connectivity index (χ1n) is 11.4. The third kappa shape index (κ3) is 7.11. The summed E-state index contributed by atoms with van der Waals surface area (Å²) in [6.45, 7) is 2.21. The molecule has 0 radical (unpaired) electrons. The van der Waals surface area contributed by atoms with Crippen molar-refractivity contribution >= 4 is 29.3 Å². The molecule has 0 N–H and O–H groups in total. The van der Waals surface area contributed by atoms with Crippen LogP contribution < -0.4 is 0 Å². The van der Waals surface area contributed by atoms with Crippen molar-refractivity contribution in [3.05, 3.63) is 91.7 Å². The van der Waals surface area contributed by atoms with Gasteiger partial charge in [0, 0.05) is 32.3 Å². The Bertz CT molecular complexity index is 1030. The number of carbonyl (C=O) groups is 1. The van der Waals surface area contributed by atoms with Gasteiger partial charge in [-0.05, 0) is 59.5 Å². The zero-order valence-corrected chi connectivity index (χ0v) is 18.9. The zero-order chi connectivity index (χ0) is 23.5. The Balaban J connectivity index is 1.86. The highest BCUT2D eigenvalue weighted by molar-refractivity contribution is 6.14. The summed E-state index contributed by atoms with van der Waals surface area (Å²) in [7, 11) is 0. The minimum absolute atomic E-state index is 0.0815. The predicted molar refractivity (Wildman–Crippen MR) is 133 cm³/mol. The first-order valence-corrected chi connectivity index (χ1v) is 11.4. The van der Waals surface area contributed by atoms with Crippen molar-refractivity contribution < 1.29 is 4.79 Å². The Morgan fingerprint density at radius 1 is 0.818 bits per heavy atom. The highest BCUT2D eigenvalue weighted by Gasteiger charge is 2.27. The van der Waals surface area contributed by atoms with E-state index in [1.165, 1.54) is 25.7 Å². The van der Waals surface area contributed by atoms with Crippen LogP contribution in [0.25, 0.3) is 33.0 Å². The minimum Gasteiger partial charge on any atom is -0.289 e. The number of benzene rings is 2. The number of allylic oxidation sites excluding steroid dienone is 2. The normalized spacial score (nSPS) is 18.1. The number of carbonyl (C=O) groups excluding carboxylic acids is 1. The monoisotopic (exact) mass is 440 g/mol. The van der Waals surface area contributed by atoms with E-state index in [1.807, 2.05) is 36.4 Å². The molecule has 0 aromatic heterocycles. The van der Waals surface area contributed by atoms with Crippen LogP contribution in [0.15, 0.2) is 69.9 Å². The van der Waals surface area contributed by atoms with E-state index in [1.54, 1.807) is 24.3 Å². The Kier molecular flexibility index (Phi) is 8.89. The van der Waals surface area contributed by atoms with Gasteiger partial charge in [0.15, 0.2) is 5.78 Å². The van der Waals surface area contributed by atoms with Crippen LogP contribution in [-0.2, 0) is 4.79 Å². The maximum absolute atomic E-state index is 13.3. The predicted octanol–water partition coefficient (Wildman–Crippen LogP) is 8.99. The molecule has 0 saturated heterocycles. The second-order valence-electron chi connectivity index (χ2n) is 8.35. The number of ketones is 1. The summed E-state index contributed by atoms with van der Waals surface area (Å²) in [6.07, 6.45) is 11.4. The molecule has 0 amide bonds. The number of azide groups is 2. The average Bonchev–Trinajstić information content (AvgIpc) is 2.82. The van der Waals surface area contributed by atoms with Gasteiger partial charge in [0.25, 0.3) is 0 Å². The Morgan fingerprint density at radius 2 is 1.30 bits per heavy atom. The van der Waals surface area contributed by atoms with Crippen LogP contribution in [0.5, 0.6) is 0 Å². The van der Waals surface area contributed by atoms with Crippen LogP contribution in [-0.4, -0.2) is 5.78 Å². The van der Waals surface area contributed by atoms with Crippen LogP contribution in [0.3, 0.4) is 0 Å². The van der Waals surface area contributed by atoms with Crippen molar-refractivity contribution in [3.8, 4) is 0 Å². The fraction of sp³-hybridized carbons (Fsp3) is 0.346. The molecule has 0 aliphatic heterocycles. The molecule has 7 heteroatoms. The lowest BCUT2D eigenvalue weighted by atomic mass is 9.77. The van der Waals surface area contributed by atoms with Crippen molar-refractivity contribution in [2.24, 2.45) is 16.1 Å². The van der Waals surface area contributed by atoms with E-state index in [-0.39, 0.29) is 5.78 Å². The molecule has 2 aromatic rings. The van der Waals surface area contributed by atoms with Gasteiger partial charge in [-0.1, -0.05) is 91.4 Å². The largest absolute Gasteiger partial charge is 0.289 e. The van der Waals surface area contributed by atoms with Gasteiger partial charge in [-0.25, -0.2) is 0 Å². The van der Waals surface area contributed by atoms with E-state index in [4.69, 9.17) is 11.1 Å². The molecule has 1 saturated carbocycles. The summed E-state index contributed by atoms with van der Waals surface area (Å²) in [5.74, 6) is 0.514. The topological polar surface area (TPSA) is 115 Å². The molecule has 1 aliphatic carbocycles. The standard InChI is InChI=1S/C26H28N6O/c1-2-3-4-5-6-21-17-22(15-19-7-11-24(12-8-19)29-31-27)26(33)23(18-21)16-20-9-13-25(14-10-20)30-32-28/h7-16,21H,2-6,17-18H2,1H3. The first kappa shape index (κ1) is 23.9. The van der Waals surface area contributed by atoms with Gasteiger partial charge in [0.2, 0.25) is 0 Å². The number of rotatable bonds is 9. The van der Waals surface area contributed by atoms with Gasteiger partial charge in [-0.15, -0.1) is 0 Å². The maximum atomic E-state index is 13.3. The van der Waals surface area contributed by atoms with Gasteiger partial charge in [0.1, 0.15) is 0 Å². The summed E-state index contributed by atoms with van der Waals surface area (Å²) in [6, 6.07) is 14.5. The SMILES string of the molecule is CCCCCCC1CC(=Cc2ccc(N=[N+]=[N-])cc2)C(=O)C(=Cc2ccc(N=[N+]=[N-])cc2)C1. The fourth-order valence-electron chi connectivity index (χ4n) is 4.18. The lowest BCUT2D eigenvalue weighted by molar-refractivity contribution is -0.113. The molecular weight excluding hydrogens is 412 g/mol. The Morgan fingerprint density at radius 3 is 1.73 bits per heavy atom. The van der Waals surface area contributed by atoms with Crippen LogP contribution in [0.2, 0.25) is 0 Å². The van der Waals surface area contributed by atoms with Crippen molar-refractivity contribution in [2.45, 2.75) is 51.9 Å². The van der Waals surface area contributed by atoms with Crippen molar-refractivity contribution in [3.63, 3.8) is 0 Å². The number of hydrogen-bond donors (Lipinski definition) is 0. The third-order valence-corrected chi connectivity index (χ3v) is 5.85. The van der Waals surface area contributed by atoms with E-state index in [0.717, 1.165) is 41.5 Å². The van der Waals surface area contributed by atoms with Crippen molar-refractivity contribution in [1.82, 2.24) is 0 Å². The number of Topliss-reactive ketones (excluding diaryl/α,β-unsaturated/α-hetero) is 1. The zero-order valence-electron chi connectivity index (χ0n) is 18.9. The van der Waals surface area contributed by atoms with Crippen LogP contribution in [0.1, 0.15) is 63.0 Å². The van der Waals surface area contributed by atoms with E-state index in [2.05, 4.69) is 27.0 Å². The molecule has 1 aliphatic rings. The molecule has 33 heavy (non-hydrogen) atoms. The Labute approximate surface area is 194 Å². The van der Waals surface area contributed by atoms with Crippen LogP contribution in [0.4, 0.5) is 11.4 Å². The highest BCUT2D eigenvalue weighted by Crippen LogP contribution is 2.35. The quantitative estimate of drug-likeness (QED) is 0.125. The second-order valence-corrected chi connectivity index (χ2v) is 8.35. The minimum atomic E-state index is 0.0815. The molecule has 3 rings (SSSR count). The Hall–Kier alpha value is -3.79. The van der Waals surface area contributed by atoms with Crippen molar-refractivity contribution in [1.29, 1.82) is 0 Å². The summed E-state index contributed by atoms with van der Waals surface area (Å²) in [5.41, 5.74) is 21.7. The molecule has 0 heterocycles. The maximum Gasteiger partial charge on any atom is 0.185 e. The average molecular weight is 441 g/mol. The molecule has 0 bridgehead atoms. The first-order chi connectivity index (χ1) is 16.1. The summed E-state index contributed by atoms with van der Waals surface area (Å²) >= 11 is 0. The molecule has 0 unspecified atom stereocenters. The van der Waals surface area contributed by atoms with Crippen LogP contribution in [0, 0.1) is 5.92 Å². The van der Waals surface area contributed by atoms with Gasteiger partial charge < -0.3 is 0 Å². The number of hydrogen-bond acceptors (Lipinski definition) is 3. The number of unbranched alkanes of at least 4 members (excludes halogenated alkanes) is 3. The lowest BCUT2D eigenvalue weighted by Gasteiger charge is -2.26. The van der Waals surface area contributed by atoms with Gasteiger partial charge in [-0.2, -0.15) is 0 Å². The summed E-state index contributed by atoms with van der Waals surface area (Å²) in [5, 5.41) is 7.21. The van der Waals surface area contributed by atoms with Crippen LogP contribution >= 0.6 is 0 Å². The summed E-state index contributed by atoms with van der Waals surface area (Å²) in [4.78, 5) is 18.9. The van der Waals surface area contributed by atoms with E-state index < -0.39 is 0 Å². The molecule has 7 nitrogen and oxygen atoms in total. The highest BCUT2D eigenvalue weighted by atomic mass is 16.1. The van der Waals surface area contributed by atoms with Crippen molar-refractivity contribution in [2.75, 3.05) is 0 Å². The molecular formula is C26H28N6O. The molecule has 1 fully saturated rings. The molecule has 0 spiro atoms. The van der Waals surface area contributed by atoms with E-state index in [0.29, 0.717) is 17.3 Å². The third-order valence-electron chi connectivity index (χ3n) is 5.85. The van der Waals surface area contributed by atoms with Gasteiger partial charge >= 0.3 is 0 Å². The smallest absolute Gasteiger partial charge is 0.185 e. The molecule has 0 atom stereocenters.